The number of aryl methyl sites for hydroxylation is 1. The summed E-state index contributed by atoms with van der Waals surface area (Å²) in [4.78, 5) is 0. The zero-order valence-electron chi connectivity index (χ0n) is 11.7. The highest BCUT2D eigenvalue weighted by Gasteiger charge is 2.52. The van der Waals surface area contributed by atoms with Gasteiger partial charge < -0.3 is 4.74 Å². The van der Waals surface area contributed by atoms with E-state index >= 15 is 0 Å². The van der Waals surface area contributed by atoms with Gasteiger partial charge in [0.05, 0.1) is 5.39 Å². The summed E-state index contributed by atoms with van der Waals surface area (Å²) in [6, 6.07) is 8.52. The second kappa shape index (κ2) is 3.25. The van der Waals surface area contributed by atoms with Crippen LogP contribution in [0.1, 0.15) is 33.3 Å². The number of pyridine rings is 1. The molecule has 2 aromatic rings. The van der Waals surface area contributed by atoms with Gasteiger partial charge in [0.1, 0.15) is 0 Å². The molecule has 1 aliphatic rings. The van der Waals surface area contributed by atoms with Crippen molar-refractivity contribution in [1.29, 1.82) is 0 Å². The van der Waals surface area contributed by atoms with Gasteiger partial charge in [0, 0.05) is 19.9 Å². The van der Waals surface area contributed by atoms with E-state index in [2.05, 4.69) is 69.6 Å². The average Bonchev–Trinajstić information content (AvgIpc) is 2.30. The Labute approximate surface area is 108 Å². The second-order valence-corrected chi connectivity index (χ2v) is 6.19. The van der Waals surface area contributed by atoms with Crippen molar-refractivity contribution >= 4 is 10.9 Å². The third-order valence-electron chi connectivity index (χ3n) is 4.58. The van der Waals surface area contributed by atoms with Crippen molar-refractivity contribution in [2.45, 2.75) is 45.8 Å². The SMILES string of the molecule is Cc1ccc2c3c1ccc[n+]3C(C)(C)C(C)(C)O2. The molecule has 0 spiro atoms. The molecule has 2 nitrogen and oxygen atoms in total. The fraction of sp³-hybridized carbons (Fsp3) is 0.438. The standard InChI is InChI=1S/C16H20NO/c1-11-8-9-13-14-12(11)7-6-10-17(14)15(2,3)16(4,5)18-13/h6-10H,1-5H3/q+1. The van der Waals surface area contributed by atoms with Crippen LogP contribution >= 0.6 is 0 Å². The lowest BCUT2D eigenvalue weighted by atomic mass is 9.83. The molecule has 0 N–H and O–H groups in total. The van der Waals surface area contributed by atoms with Crippen molar-refractivity contribution in [3.8, 4) is 5.75 Å². The van der Waals surface area contributed by atoms with Crippen LogP contribution in [0, 0.1) is 6.92 Å². The predicted octanol–water partition coefficient (Wildman–Crippen LogP) is 3.34. The van der Waals surface area contributed by atoms with Crippen LogP contribution in [-0.4, -0.2) is 5.60 Å². The Morgan fingerprint density at radius 3 is 2.50 bits per heavy atom. The summed E-state index contributed by atoms with van der Waals surface area (Å²) in [6.45, 7) is 10.9. The summed E-state index contributed by atoms with van der Waals surface area (Å²) in [6.07, 6.45) is 2.16. The quantitative estimate of drug-likeness (QED) is 0.646. The lowest BCUT2D eigenvalue weighted by Crippen LogP contribution is -2.68. The molecule has 0 aliphatic carbocycles. The number of hydrogen-bond donors (Lipinski definition) is 0. The molecular formula is C16H20NO+. The molecule has 0 radical (unpaired) electrons. The Balaban J connectivity index is 2.47. The molecule has 2 heteroatoms. The van der Waals surface area contributed by atoms with Gasteiger partial charge in [-0.15, -0.1) is 0 Å². The largest absolute Gasteiger partial charge is 0.474 e. The van der Waals surface area contributed by atoms with Crippen LogP contribution in [0.2, 0.25) is 0 Å². The van der Waals surface area contributed by atoms with Crippen LogP contribution < -0.4 is 9.30 Å². The molecule has 3 rings (SSSR count). The Bertz CT molecular complexity index is 641. The summed E-state index contributed by atoms with van der Waals surface area (Å²) in [5, 5.41) is 1.28. The Hall–Kier alpha value is -1.57. The number of hydrogen-bond acceptors (Lipinski definition) is 1. The highest BCUT2D eigenvalue weighted by molar-refractivity contribution is 5.85. The normalized spacial score (nSPS) is 19.6. The lowest BCUT2D eigenvalue weighted by Gasteiger charge is -2.40. The highest BCUT2D eigenvalue weighted by Crippen LogP contribution is 2.39. The Morgan fingerprint density at radius 2 is 1.78 bits per heavy atom. The molecule has 0 fully saturated rings. The van der Waals surface area contributed by atoms with Gasteiger partial charge in [-0.1, -0.05) is 6.07 Å². The number of benzene rings is 1. The summed E-state index contributed by atoms with van der Waals surface area (Å²) < 4.78 is 8.60. The summed E-state index contributed by atoms with van der Waals surface area (Å²) in [7, 11) is 0. The van der Waals surface area contributed by atoms with E-state index in [1.807, 2.05) is 0 Å². The third kappa shape index (κ3) is 1.26. The monoisotopic (exact) mass is 242 g/mol. The van der Waals surface area contributed by atoms with Gasteiger partial charge in [-0.2, -0.15) is 4.57 Å². The van der Waals surface area contributed by atoms with E-state index in [1.165, 1.54) is 16.5 Å². The van der Waals surface area contributed by atoms with Gasteiger partial charge in [-0.3, -0.25) is 0 Å². The van der Waals surface area contributed by atoms with Crippen molar-refractivity contribution < 1.29 is 9.30 Å². The number of rotatable bonds is 0. The maximum Gasteiger partial charge on any atom is 0.255 e. The van der Waals surface area contributed by atoms with Gasteiger partial charge in [-0.05, 0) is 38.5 Å². The first-order valence-corrected chi connectivity index (χ1v) is 6.48. The molecule has 1 aliphatic heterocycles. The molecule has 0 atom stereocenters. The van der Waals surface area contributed by atoms with Gasteiger partial charge in [0.25, 0.3) is 5.52 Å². The maximum atomic E-state index is 6.24. The Morgan fingerprint density at radius 1 is 1.06 bits per heavy atom. The van der Waals surface area contributed by atoms with E-state index in [4.69, 9.17) is 4.74 Å². The summed E-state index contributed by atoms with van der Waals surface area (Å²) >= 11 is 0. The van der Waals surface area contributed by atoms with Gasteiger partial charge in [0.15, 0.2) is 17.5 Å². The first kappa shape index (κ1) is 11.5. The highest BCUT2D eigenvalue weighted by atomic mass is 16.5. The minimum absolute atomic E-state index is 0.0761. The van der Waals surface area contributed by atoms with E-state index in [0.29, 0.717) is 0 Å². The van der Waals surface area contributed by atoms with Crippen LogP contribution in [0.25, 0.3) is 10.9 Å². The topological polar surface area (TPSA) is 13.1 Å². The third-order valence-corrected chi connectivity index (χ3v) is 4.58. The minimum Gasteiger partial charge on any atom is -0.474 e. The van der Waals surface area contributed by atoms with Crippen LogP contribution in [0.15, 0.2) is 30.5 Å². The fourth-order valence-corrected chi connectivity index (χ4v) is 2.69. The molecule has 2 heterocycles. The molecule has 0 saturated carbocycles. The van der Waals surface area contributed by atoms with E-state index in [9.17, 15) is 0 Å². The van der Waals surface area contributed by atoms with Crippen molar-refractivity contribution in [2.75, 3.05) is 0 Å². The van der Waals surface area contributed by atoms with Gasteiger partial charge >= 0.3 is 0 Å². The maximum absolute atomic E-state index is 6.24. The molecule has 0 bridgehead atoms. The number of ether oxygens (including phenoxy) is 1. The predicted molar refractivity (Wildman–Crippen MR) is 72.9 cm³/mol. The van der Waals surface area contributed by atoms with Crippen molar-refractivity contribution in [1.82, 2.24) is 0 Å². The molecule has 94 valence electrons. The fourth-order valence-electron chi connectivity index (χ4n) is 2.69. The molecule has 0 amide bonds. The number of aromatic nitrogens is 1. The van der Waals surface area contributed by atoms with Crippen molar-refractivity contribution in [3.63, 3.8) is 0 Å². The van der Waals surface area contributed by atoms with Crippen LogP contribution in [-0.2, 0) is 5.54 Å². The Kier molecular flexibility index (Phi) is 2.08. The van der Waals surface area contributed by atoms with Crippen LogP contribution in [0.4, 0.5) is 0 Å². The molecule has 1 aromatic heterocycles. The molecular weight excluding hydrogens is 222 g/mol. The molecule has 1 aromatic carbocycles. The molecule has 0 saturated heterocycles. The van der Waals surface area contributed by atoms with Gasteiger partial charge in [-0.25, -0.2) is 0 Å². The second-order valence-electron chi connectivity index (χ2n) is 6.19. The zero-order valence-corrected chi connectivity index (χ0v) is 11.7. The van der Waals surface area contributed by atoms with Crippen molar-refractivity contribution in [2.24, 2.45) is 0 Å². The van der Waals surface area contributed by atoms with Crippen LogP contribution in [0.3, 0.4) is 0 Å². The smallest absolute Gasteiger partial charge is 0.255 e. The first-order chi connectivity index (χ1) is 8.34. The van der Waals surface area contributed by atoms with E-state index in [0.717, 1.165) is 5.75 Å². The average molecular weight is 242 g/mol. The van der Waals surface area contributed by atoms with Crippen molar-refractivity contribution in [3.05, 3.63) is 36.0 Å². The molecule has 18 heavy (non-hydrogen) atoms. The zero-order chi connectivity index (χ0) is 13.1. The van der Waals surface area contributed by atoms with Crippen LogP contribution in [0.5, 0.6) is 5.75 Å². The summed E-state index contributed by atoms with van der Waals surface area (Å²) in [5.41, 5.74) is 2.20. The van der Waals surface area contributed by atoms with E-state index in [1.54, 1.807) is 0 Å². The van der Waals surface area contributed by atoms with E-state index < -0.39 is 0 Å². The van der Waals surface area contributed by atoms with E-state index in [-0.39, 0.29) is 11.1 Å². The molecule has 0 unspecified atom stereocenters. The first-order valence-electron chi connectivity index (χ1n) is 6.48. The number of nitrogens with zero attached hydrogens (tertiary/aromatic N) is 1. The minimum atomic E-state index is -0.228. The lowest BCUT2D eigenvalue weighted by molar-refractivity contribution is -0.754. The van der Waals surface area contributed by atoms with Gasteiger partial charge in [0.2, 0.25) is 5.54 Å². The summed E-state index contributed by atoms with van der Waals surface area (Å²) in [5.74, 6) is 0.987.